The topological polar surface area (TPSA) is 15.3 Å². The fraction of sp³-hybridized carbons (Fsp3) is 0.833. The van der Waals surface area contributed by atoms with Crippen molar-refractivity contribution in [1.82, 2.24) is 10.2 Å². The molecule has 1 rings (SSSR count). The number of nitrogens with zero attached hydrogens (tertiary/aromatic N) is 1. The van der Waals surface area contributed by atoms with E-state index in [2.05, 4.69) is 31.0 Å². The molecule has 2 atom stereocenters. The summed E-state index contributed by atoms with van der Waals surface area (Å²) in [6.07, 6.45) is 1.25. The summed E-state index contributed by atoms with van der Waals surface area (Å²) in [5.41, 5.74) is 2.95. The van der Waals surface area contributed by atoms with Crippen LogP contribution >= 0.6 is 11.6 Å². The molecule has 0 spiro atoms. The number of nitrogens with one attached hydrogen (secondary N) is 1. The highest BCUT2D eigenvalue weighted by Gasteiger charge is 2.24. The average Bonchev–Trinajstić information content (AvgIpc) is 2.22. The molecule has 1 aliphatic rings. The third-order valence-electron chi connectivity index (χ3n) is 3.11. The van der Waals surface area contributed by atoms with Crippen molar-refractivity contribution in [2.75, 3.05) is 26.2 Å². The molecule has 1 aliphatic heterocycles. The Balaban J connectivity index is 2.37. The Kier molecular flexibility index (Phi) is 5.65. The second kappa shape index (κ2) is 6.51. The molecular formula is C12H23ClN2. The summed E-state index contributed by atoms with van der Waals surface area (Å²) in [5, 5.41) is 3.55. The van der Waals surface area contributed by atoms with Gasteiger partial charge in [-0.05, 0) is 37.9 Å². The van der Waals surface area contributed by atoms with Crippen LogP contribution in [0.15, 0.2) is 11.1 Å². The molecule has 1 fully saturated rings. The molecule has 0 bridgehead atoms. The second-order valence-electron chi connectivity index (χ2n) is 4.62. The summed E-state index contributed by atoms with van der Waals surface area (Å²) in [6, 6.07) is 0.700. The van der Waals surface area contributed by atoms with Gasteiger partial charge in [0.2, 0.25) is 0 Å². The maximum absolute atomic E-state index is 5.68. The minimum atomic E-state index is 0.700. The standard InChI is InChI=1S/C12H23ClN2/c1-4-14-12-5-6-15(9-11(12)3)8-10(2)7-13/h7,11-12,14H,4-6,8-9H2,1-3H3. The quantitative estimate of drug-likeness (QED) is 0.798. The van der Waals surface area contributed by atoms with Crippen molar-refractivity contribution in [2.45, 2.75) is 33.2 Å². The minimum Gasteiger partial charge on any atom is -0.314 e. The summed E-state index contributed by atoms with van der Waals surface area (Å²) >= 11 is 5.68. The van der Waals surface area contributed by atoms with Gasteiger partial charge in [0.1, 0.15) is 0 Å². The first-order valence-electron chi connectivity index (χ1n) is 5.89. The van der Waals surface area contributed by atoms with Gasteiger partial charge in [0.05, 0.1) is 0 Å². The number of rotatable bonds is 4. The van der Waals surface area contributed by atoms with Gasteiger partial charge in [-0.25, -0.2) is 0 Å². The molecule has 3 heteroatoms. The van der Waals surface area contributed by atoms with Crippen LogP contribution in [0.1, 0.15) is 27.2 Å². The van der Waals surface area contributed by atoms with Crippen molar-refractivity contribution >= 4 is 11.6 Å². The molecule has 2 nitrogen and oxygen atoms in total. The number of hydrogen-bond acceptors (Lipinski definition) is 2. The zero-order chi connectivity index (χ0) is 11.3. The molecule has 88 valence electrons. The van der Waals surface area contributed by atoms with Crippen molar-refractivity contribution in [2.24, 2.45) is 5.92 Å². The van der Waals surface area contributed by atoms with Gasteiger partial charge >= 0.3 is 0 Å². The van der Waals surface area contributed by atoms with Crippen LogP contribution in [0.25, 0.3) is 0 Å². The highest BCUT2D eigenvalue weighted by Crippen LogP contribution is 2.17. The van der Waals surface area contributed by atoms with E-state index in [-0.39, 0.29) is 0 Å². The van der Waals surface area contributed by atoms with Gasteiger partial charge in [0.15, 0.2) is 0 Å². The largest absolute Gasteiger partial charge is 0.314 e. The van der Waals surface area contributed by atoms with E-state index in [1.54, 1.807) is 5.54 Å². The van der Waals surface area contributed by atoms with E-state index in [9.17, 15) is 0 Å². The Labute approximate surface area is 98.7 Å². The lowest BCUT2D eigenvalue weighted by molar-refractivity contribution is 0.159. The van der Waals surface area contributed by atoms with Crippen LogP contribution < -0.4 is 5.32 Å². The number of likely N-dealkylation sites (tertiary alicyclic amines) is 1. The van der Waals surface area contributed by atoms with E-state index in [1.807, 2.05) is 0 Å². The van der Waals surface area contributed by atoms with Gasteiger partial charge in [-0.1, -0.05) is 25.4 Å². The van der Waals surface area contributed by atoms with Crippen molar-refractivity contribution in [3.05, 3.63) is 11.1 Å². The SMILES string of the molecule is CCNC1CCN(CC(C)=CCl)CC1C. The molecular weight excluding hydrogens is 208 g/mol. The van der Waals surface area contributed by atoms with Gasteiger partial charge in [-0.3, -0.25) is 4.90 Å². The Morgan fingerprint density at radius 3 is 2.87 bits per heavy atom. The van der Waals surface area contributed by atoms with Crippen LogP contribution in [0.3, 0.4) is 0 Å². The van der Waals surface area contributed by atoms with Crippen LogP contribution in [-0.2, 0) is 0 Å². The monoisotopic (exact) mass is 230 g/mol. The third kappa shape index (κ3) is 4.13. The lowest BCUT2D eigenvalue weighted by Crippen LogP contribution is -2.48. The maximum Gasteiger partial charge on any atom is 0.0202 e. The van der Waals surface area contributed by atoms with E-state index >= 15 is 0 Å². The fourth-order valence-electron chi connectivity index (χ4n) is 2.33. The third-order valence-corrected chi connectivity index (χ3v) is 3.49. The first-order chi connectivity index (χ1) is 7.17. The normalized spacial score (nSPS) is 29.5. The van der Waals surface area contributed by atoms with Crippen LogP contribution in [0.5, 0.6) is 0 Å². The van der Waals surface area contributed by atoms with Gasteiger partial charge in [0, 0.05) is 24.7 Å². The summed E-state index contributed by atoms with van der Waals surface area (Å²) in [7, 11) is 0. The Bertz CT molecular complexity index is 216. The van der Waals surface area contributed by atoms with Gasteiger partial charge in [-0.2, -0.15) is 0 Å². The molecule has 1 saturated heterocycles. The van der Waals surface area contributed by atoms with E-state index in [0.717, 1.165) is 19.0 Å². The second-order valence-corrected chi connectivity index (χ2v) is 4.84. The molecule has 0 aliphatic carbocycles. The van der Waals surface area contributed by atoms with E-state index in [4.69, 9.17) is 11.6 Å². The van der Waals surface area contributed by atoms with Crippen LogP contribution in [0.2, 0.25) is 0 Å². The average molecular weight is 231 g/mol. The molecule has 0 aromatic heterocycles. The number of halogens is 1. The highest BCUT2D eigenvalue weighted by atomic mass is 35.5. The van der Waals surface area contributed by atoms with Crippen molar-refractivity contribution in [1.29, 1.82) is 0 Å². The van der Waals surface area contributed by atoms with Gasteiger partial charge in [0.25, 0.3) is 0 Å². The van der Waals surface area contributed by atoms with E-state index in [0.29, 0.717) is 6.04 Å². The van der Waals surface area contributed by atoms with Gasteiger partial charge in [-0.15, -0.1) is 0 Å². The van der Waals surface area contributed by atoms with Crippen molar-refractivity contribution < 1.29 is 0 Å². The minimum absolute atomic E-state index is 0.700. The van der Waals surface area contributed by atoms with Crippen LogP contribution in [-0.4, -0.2) is 37.1 Å². The predicted octanol–water partition coefficient (Wildman–Crippen LogP) is 2.45. The molecule has 0 amide bonds. The molecule has 15 heavy (non-hydrogen) atoms. The Morgan fingerprint density at radius 2 is 2.33 bits per heavy atom. The van der Waals surface area contributed by atoms with E-state index < -0.39 is 0 Å². The highest BCUT2D eigenvalue weighted by molar-refractivity contribution is 6.25. The first kappa shape index (κ1) is 13.0. The van der Waals surface area contributed by atoms with Crippen LogP contribution in [0.4, 0.5) is 0 Å². The predicted molar refractivity (Wildman–Crippen MR) is 67.3 cm³/mol. The fourth-order valence-corrected chi connectivity index (χ4v) is 2.40. The molecule has 1 heterocycles. The molecule has 0 saturated carbocycles. The maximum atomic E-state index is 5.68. The van der Waals surface area contributed by atoms with Gasteiger partial charge < -0.3 is 5.32 Å². The summed E-state index contributed by atoms with van der Waals surface area (Å²) in [6.45, 7) is 11.1. The molecule has 1 N–H and O–H groups in total. The molecule has 0 aromatic rings. The number of piperidine rings is 1. The Hall–Kier alpha value is -0.0500. The zero-order valence-corrected chi connectivity index (χ0v) is 10.8. The molecule has 0 radical (unpaired) electrons. The molecule has 0 aromatic carbocycles. The molecule has 2 unspecified atom stereocenters. The lowest BCUT2D eigenvalue weighted by atomic mass is 9.93. The first-order valence-corrected chi connectivity index (χ1v) is 6.32. The summed E-state index contributed by atoms with van der Waals surface area (Å²) in [4.78, 5) is 2.49. The van der Waals surface area contributed by atoms with Crippen molar-refractivity contribution in [3.63, 3.8) is 0 Å². The van der Waals surface area contributed by atoms with Crippen molar-refractivity contribution in [3.8, 4) is 0 Å². The zero-order valence-electron chi connectivity index (χ0n) is 10.1. The summed E-state index contributed by atoms with van der Waals surface area (Å²) in [5.74, 6) is 0.738. The van der Waals surface area contributed by atoms with E-state index in [1.165, 1.54) is 25.1 Å². The van der Waals surface area contributed by atoms with Crippen LogP contribution in [0, 0.1) is 5.92 Å². The Morgan fingerprint density at radius 1 is 1.60 bits per heavy atom. The summed E-state index contributed by atoms with van der Waals surface area (Å²) < 4.78 is 0. The lowest BCUT2D eigenvalue weighted by Gasteiger charge is -2.37. The number of hydrogen-bond donors (Lipinski definition) is 1. The smallest absolute Gasteiger partial charge is 0.0202 e.